The Labute approximate surface area is 253 Å². The Balaban J connectivity index is 1.11. The van der Waals surface area contributed by atoms with Gasteiger partial charge in [-0.3, -0.25) is 9.59 Å². The monoisotopic (exact) mass is 596 g/mol. The first-order valence-electron chi connectivity index (χ1n) is 15.5. The normalized spacial score (nSPS) is 22.9. The fourth-order valence-electron chi connectivity index (χ4n) is 6.69. The van der Waals surface area contributed by atoms with Crippen LogP contribution in [-0.2, 0) is 16.0 Å². The van der Waals surface area contributed by atoms with Gasteiger partial charge in [0.15, 0.2) is 11.5 Å². The molecule has 2 amide bonds. The van der Waals surface area contributed by atoms with Gasteiger partial charge >= 0.3 is 0 Å². The highest BCUT2D eigenvalue weighted by molar-refractivity contribution is 6.32. The fourth-order valence-corrected chi connectivity index (χ4v) is 6.98. The van der Waals surface area contributed by atoms with Crippen molar-refractivity contribution >= 4 is 23.4 Å². The lowest BCUT2D eigenvalue weighted by molar-refractivity contribution is -0.133. The van der Waals surface area contributed by atoms with Gasteiger partial charge in [-0.05, 0) is 74.4 Å². The van der Waals surface area contributed by atoms with Gasteiger partial charge in [-0.1, -0.05) is 24.1 Å². The van der Waals surface area contributed by atoms with Crippen LogP contribution in [0.4, 0.5) is 0 Å². The Bertz CT molecular complexity index is 1280. The zero-order chi connectivity index (χ0) is 28.9. The first-order chi connectivity index (χ1) is 20.5. The highest BCUT2D eigenvalue weighted by atomic mass is 35.5. The molecular formula is C33H41ClN2O6. The van der Waals surface area contributed by atoms with Crippen molar-refractivity contribution in [3.05, 3.63) is 52.5 Å². The topological polar surface area (TPSA) is 77.5 Å². The molecule has 2 fully saturated rings. The fraction of sp³-hybridized carbons (Fsp3) is 0.576. The third-order valence-corrected chi connectivity index (χ3v) is 9.49. The molecule has 0 N–H and O–H groups in total. The van der Waals surface area contributed by atoms with Gasteiger partial charge < -0.3 is 28.7 Å². The number of hydrogen-bond acceptors (Lipinski definition) is 6. The van der Waals surface area contributed by atoms with E-state index in [1.165, 1.54) is 0 Å². The lowest BCUT2D eigenvalue weighted by Crippen LogP contribution is -2.46. The van der Waals surface area contributed by atoms with Crippen molar-refractivity contribution < 1.29 is 28.5 Å². The van der Waals surface area contributed by atoms with Gasteiger partial charge in [0.25, 0.3) is 5.91 Å². The molecule has 0 radical (unpaired) electrons. The van der Waals surface area contributed by atoms with Crippen LogP contribution < -0.4 is 14.2 Å². The maximum absolute atomic E-state index is 13.4. The van der Waals surface area contributed by atoms with Gasteiger partial charge in [-0.25, -0.2) is 0 Å². The number of fused-ring (bicyclic) bond motifs is 4. The third-order valence-electron chi connectivity index (χ3n) is 9.21. The second kappa shape index (κ2) is 13.1. The van der Waals surface area contributed by atoms with Crippen LogP contribution in [0, 0.1) is 5.41 Å². The van der Waals surface area contributed by atoms with E-state index in [4.69, 9.17) is 30.5 Å². The summed E-state index contributed by atoms with van der Waals surface area (Å²) in [7, 11) is 0. The van der Waals surface area contributed by atoms with E-state index in [0.717, 1.165) is 69.2 Å². The van der Waals surface area contributed by atoms with Gasteiger partial charge in [0.05, 0.1) is 43.9 Å². The molecule has 2 bridgehead atoms. The smallest absolute Gasteiger partial charge is 0.254 e. The van der Waals surface area contributed by atoms with Crippen molar-refractivity contribution in [1.82, 2.24) is 9.80 Å². The Morgan fingerprint density at radius 1 is 0.929 bits per heavy atom. The highest BCUT2D eigenvalue weighted by Crippen LogP contribution is 2.40. The second-order valence-corrected chi connectivity index (χ2v) is 12.6. The molecule has 6 rings (SSSR count). The molecule has 4 heterocycles. The van der Waals surface area contributed by atoms with Gasteiger partial charge in [0, 0.05) is 43.6 Å². The van der Waals surface area contributed by atoms with Crippen molar-refractivity contribution in [3.8, 4) is 17.2 Å². The summed E-state index contributed by atoms with van der Waals surface area (Å²) in [6.07, 6.45) is 7.86. The first kappa shape index (κ1) is 29.1. The average Bonchev–Trinajstić information content (AvgIpc) is 3.33. The van der Waals surface area contributed by atoms with Crippen molar-refractivity contribution in [2.24, 2.45) is 5.41 Å². The first-order valence-corrected chi connectivity index (χ1v) is 15.8. The van der Waals surface area contributed by atoms with Crippen molar-refractivity contribution in [3.63, 3.8) is 0 Å². The lowest BCUT2D eigenvalue weighted by Gasteiger charge is -2.42. The number of amides is 2. The summed E-state index contributed by atoms with van der Waals surface area (Å²) >= 11 is 6.47. The molecule has 2 saturated heterocycles. The van der Waals surface area contributed by atoms with Crippen LogP contribution in [0.2, 0.25) is 5.02 Å². The predicted octanol–water partition coefficient (Wildman–Crippen LogP) is 5.54. The molecule has 4 aliphatic heterocycles. The minimum atomic E-state index is -0.0322. The van der Waals surface area contributed by atoms with E-state index in [2.05, 4.69) is 0 Å². The number of piperidine rings is 1. The molecule has 0 saturated carbocycles. The Morgan fingerprint density at radius 2 is 1.79 bits per heavy atom. The van der Waals surface area contributed by atoms with Gasteiger partial charge in [0.1, 0.15) is 5.75 Å². The third kappa shape index (κ3) is 6.65. The summed E-state index contributed by atoms with van der Waals surface area (Å²) in [5.74, 6) is 2.05. The zero-order valence-electron chi connectivity index (χ0n) is 24.3. The molecule has 2 aromatic carbocycles. The number of halogens is 1. The van der Waals surface area contributed by atoms with E-state index in [0.29, 0.717) is 68.2 Å². The molecule has 226 valence electrons. The van der Waals surface area contributed by atoms with Crippen LogP contribution in [0.1, 0.15) is 67.3 Å². The van der Waals surface area contributed by atoms with Crippen LogP contribution in [0.15, 0.2) is 36.4 Å². The van der Waals surface area contributed by atoms with Crippen molar-refractivity contribution in [2.45, 2.75) is 63.8 Å². The van der Waals surface area contributed by atoms with Gasteiger partial charge in [-0.2, -0.15) is 0 Å². The van der Waals surface area contributed by atoms with Crippen molar-refractivity contribution in [1.29, 1.82) is 0 Å². The number of rotatable bonds is 2. The van der Waals surface area contributed by atoms with Crippen LogP contribution in [-0.4, -0.2) is 80.3 Å². The zero-order valence-corrected chi connectivity index (χ0v) is 25.0. The highest BCUT2D eigenvalue weighted by Gasteiger charge is 2.37. The van der Waals surface area contributed by atoms with E-state index in [1.807, 2.05) is 46.2 Å². The summed E-state index contributed by atoms with van der Waals surface area (Å²) < 4.78 is 24.0. The largest absolute Gasteiger partial charge is 0.493 e. The van der Waals surface area contributed by atoms with Gasteiger partial charge in [-0.15, -0.1) is 0 Å². The molecule has 4 aliphatic rings. The molecule has 8 nitrogen and oxygen atoms in total. The Kier molecular flexibility index (Phi) is 9.10. The molecule has 0 unspecified atom stereocenters. The van der Waals surface area contributed by atoms with E-state index < -0.39 is 0 Å². The van der Waals surface area contributed by atoms with Crippen molar-refractivity contribution in [2.75, 3.05) is 52.7 Å². The standard InChI is InChI=1S/C33H41ClN2O6/c34-28-18-24(19-29-31(28)41-17-5-16-40-29)20-30(37)35-13-10-33(11-14-35)9-1-2-15-39-22-26-7-4-12-36(26)32(38)25-6-3-8-27(21-25)42-23-33/h3,6,8,18-19,21,26H,1-2,4-5,7,9-17,20,22-23H2/t26-/m0/s1. The number of carbonyl (C=O) groups is 2. The number of carbonyl (C=O) groups excluding carboxylic acids is 2. The molecule has 0 aliphatic carbocycles. The van der Waals surface area contributed by atoms with Crippen LogP contribution in [0.3, 0.4) is 0 Å². The minimum Gasteiger partial charge on any atom is -0.493 e. The number of nitrogens with zero attached hydrogens (tertiary/aromatic N) is 2. The van der Waals surface area contributed by atoms with E-state index in [1.54, 1.807) is 0 Å². The summed E-state index contributed by atoms with van der Waals surface area (Å²) in [6, 6.07) is 11.4. The molecule has 9 heteroatoms. The number of ether oxygens (including phenoxy) is 4. The predicted molar refractivity (Wildman–Crippen MR) is 160 cm³/mol. The van der Waals surface area contributed by atoms with E-state index in [-0.39, 0.29) is 29.7 Å². The van der Waals surface area contributed by atoms with E-state index >= 15 is 0 Å². The van der Waals surface area contributed by atoms with Gasteiger partial charge in [0.2, 0.25) is 5.91 Å². The molecule has 1 spiro atoms. The summed E-state index contributed by atoms with van der Waals surface area (Å²) in [4.78, 5) is 30.6. The number of benzene rings is 2. The van der Waals surface area contributed by atoms with Crippen LogP contribution in [0.25, 0.3) is 0 Å². The van der Waals surface area contributed by atoms with E-state index in [9.17, 15) is 9.59 Å². The Hall–Kier alpha value is -2.97. The summed E-state index contributed by atoms with van der Waals surface area (Å²) in [5, 5.41) is 0.484. The SMILES string of the molecule is O=C(Cc1cc(Cl)c2c(c1)OCCCO2)N1CCC2(CCCCOC[C@@H]3CCCN3C(=O)c3cccc(c3)OC2)CC1. The average molecular weight is 597 g/mol. The summed E-state index contributed by atoms with van der Waals surface area (Å²) in [5.41, 5.74) is 1.47. The summed E-state index contributed by atoms with van der Waals surface area (Å²) in [6.45, 7) is 5.15. The molecule has 42 heavy (non-hydrogen) atoms. The molecular weight excluding hydrogens is 556 g/mol. The lowest BCUT2D eigenvalue weighted by atomic mass is 9.75. The maximum atomic E-state index is 13.4. The quantitative estimate of drug-likeness (QED) is 0.453. The van der Waals surface area contributed by atoms with Crippen LogP contribution >= 0.6 is 11.6 Å². The molecule has 1 atom stereocenters. The Morgan fingerprint density at radius 3 is 2.67 bits per heavy atom. The minimum absolute atomic E-state index is 0.0322. The molecule has 2 aromatic rings. The number of hydrogen-bond donors (Lipinski definition) is 0. The maximum Gasteiger partial charge on any atom is 0.254 e. The number of likely N-dealkylation sites (tertiary alicyclic amines) is 1. The second-order valence-electron chi connectivity index (χ2n) is 12.2. The van der Waals surface area contributed by atoms with Crippen LogP contribution in [0.5, 0.6) is 17.2 Å². The molecule has 0 aromatic heterocycles.